The number of aliphatic carboxylic acids is 1. The summed E-state index contributed by atoms with van der Waals surface area (Å²) >= 11 is 0. The van der Waals surface area contributed by atoms with E-state index in [1.54, 1.807) is 0 Å². The lowest BCUT2D eigenvalue weighted by molar-refractivity contribution is -0.138. The van der Waals surface area contributed by atoms with E-state index >= 15 is 13.2 Å². The predicted octanol–water partition coefficient (Wildman–Crippen LogP) is 7.79. The van der Waals surface area contributed by atoms with Gasteiger partial charge in [-0.25, -0.2) is 13.2 Å². The van der Waals surface area contributed by atoms with Gasteiger partial charge in [0.15, 0.2) is 0 Å². The lowest BCUT2D eigenvalue weighted by Crippen LogP contribution is -2.48. The summed E-state index contributed by atoms with van der Waals surface area (Å²) in [6, 6.07) is 17.5. The van der Waals surface area contributed by atoms with Gasteiger partial charge in [0.2, 0.25) is 0 Å². The Balaban J connectivity index is 1.24. The Hall–Kier alpha value is -3.56. The first-order chi connectivity index (χ1) is 22.9. The van der Waals surface area contributed by atoms with Crippen LogP contribution in [0.15, 0.2) is 60.7 Å². The number of nitrogens with zero attached hydrogens (tertiary/aromatic N) is 3. The molecule has 3 heterocycles. The van der Waals surface area contributed by atoms with Gasteiger partial charge in [0, 0.05) is 43.5 Å². The Labute approximate surface area is 282 Å². The summed E-state index contributed by atoms with van der Waals surface area (Å²) in [5.74, 6) is -1.36. The highest BCUT2D eigenvalue weighted by Gasteiger charge is 2.41. The first-order valence-electron chi connectivity index (χ1n) is 17.3. The van der Waals surface area contributed by atoms with E-state index in [2.05, 4.69) is 4.90 Å². The van der Waals surface area contributed by atoms with Crippen LogP contribution < -0.4 is 9.64 Å². The van der Waals surface area contributed by atoms with E-state index < -0.39 is 29.3 Å². The molecule has 0 aliphatic carbocycles. The van der Waals surface area contributed by atoms with Gasteiger partial charge in [-0.1, -0.05) is 36.4 Å². The fraction of sp³-hybridized carbons (Fsp3) is 0.513. The number of hydrogen-bond acceptors (Lipinski definition) is 5. The SMILES string of the molecule is C[C@@H]1Cc2cc(OCc3ccccc3)ccc2C(c2c(F)cc(N3CCCC4(CCC3)CCN(CC(=O)O)C4)cc2F)N1CC(C)(C)F. The van der Waals surface area contributed by atoms with Gasteiger partial charge in [0.05, 0.1) is 12.6 Å². The zero-order chi connectivity index (χ0) is 34.1. The van der Waals surface area contributed by atoms with Gasteiger partial charge in [0.1, 0.15) is 29.7 Å². The van der Waals surface area contributed by atoms with Crippen molar-refractivity contribution in [1.29, 1.82) is 0 Å². The lowest BCUT2D eigenvalue weighted by Gasteiger charge is -2.44. The highest BCUT2D eigenvalue weighted by Crippen LogP contribution is 2.44. The number of rotatable bonds is 9. The van der Waals surface area contributed by atoms with Gasteiger partial charge in [-0.15, -0.1) is 0 Å². The van der Waals surface area contributed by atoms with Crippen LogP contribution in [0.1, 0.15) is 81.2 Å². The van der Waals surface area contributed by atoms with E-state index in [0.29, 0.717) is 37.6 Å². The van der Waals surface area contributed by atoms with Crippen LogP contribution in [0.25, 0.3) is 0 Å². The second kappa shape index (κ2) is 14.1. The molecule has 3 aromatic rings. The first kappa shape index (κ1) is 34.3. The number of likely N-dealkylation sites (tertiary alicyclic amines) is 1. The molecule has 0 bridgehead atoms. The van der Waals surface area contributed by atoms with Crippen LogP contribution in [0.3, 0.4) is 0 Å². The number of halogens is 3. The Morgan fingerprint density at radius 3 is 2.31 bits per heavy atom. The number of carboxylic acids is 1. The Morgan fingerprint density at radius 2 is 1.67 bits per heavy atom. The number of hydrogen-bond donors (Lipinski definition) is 1. The first-order valence-corrected chi connectivity index (χ1v) is 17.3. The summed E-state index contributed by atoms with van der Waals surface area (Å²) in [6.45, 7) is 8.46. The zero-order valence-electron chi connectivity index (χ0n) is 28.4. The fourth-order valence-electron chi connectivity index (χ4n) is 8.29. The zero-order valence-corrected chi connectivity index (χ0v) is 28.4. The van der Waals surface area contributed by atoms with Crippen LogP contribution in [0.5, 0.6) is 5.75 Å². The summed E-state index contributed by atoms with van der Waals surface area (Å²) in [5, 5.41) is 9.23. The van der Waals surface area contributed by atoms with E-state index in [1.807, 2.05) is 65.3 Å². The Morgan fingerprint density at radius 1 is 0.979 bits per heavy atom. The highest BCUT2D eigenvalue weighted by atomic mass is 19.1. The Bertz CT molecular complexity index is 1560. The fourth-order valence-corrected chi connectivity index (χ4v) is 8.29. The summed E-state index contributed by atoms with van der Waals surface area (Å²) in [7, 11) is 0. The second-order valence-electron chi connectivity index (χ2n) is 14.9. The number of fused-ring (bicyclic) bond motifs is 1. The molecule has 3 aliphatic rings. The van der Waals surface area contributed by atoms with Crippen molar-refractivity contribution in [2.24, 2.45) is 5.41 Å². The molecular weight excluding hydrogens is 615 g/mol. The van der Waals surface area contributed by atoms with Crippen LogP contribution in [0.4, 0.5) is 18.9 Å². The number of anilines is 1. The lowest BCUT2D eigenvalue weighted by atomic mass is 9.77. The van der Waals surface area contributed by atoms with Crippen molar-refractivity contribution in [1.82, 2.24) is 9.80 Å². The van der Waals surface area contributed by atoms with Crippen molar-refractivity contribution in [3.05, 3.63) is 94.6 Å². The molecular formula is C39H48F3N3O3. The van der Waals surface area contributed by atoms with Crippen LogP contribution in [-0.4, -0.2) is 71.9 Å². The molecule has 1 unspecified atom stereocenters. The third-order valence-electron chi connectivity index (χ3n) is 10.5. The van der Waals surface area contributed by atoms with Crippen LogP contribution in [0, 0.1) is 17.0 Å². The van der Waals surface area contributed by atoms with Crippen molar-refractivity contribution in [3.63, 3.8) is 0 Å². The molecule has 9 heteroatoms. The second-order valence-corrected chi connectivity index (χ2v) is 14.9. The largest absolute Gasteiger partial charge is 0.489 e. The summed E-state index contributed by atoms with van der Waals surface area (Å²) in [6.07, 6.45) is 5.26. The topological polar surface area (TPSA) is 56.3 Å². The normalized spacial score (nSPS) is 21.9. The van der Waals surface area contributed by atoms with Gasteiger partial charge in [-0.3, -0.25) is 14.6 Å². The van der Waals surface area contributed by atoms with Crippen molar-refractivity contribution in [2.45, 2.75) is 83.7 Å². The molecule has 3 aromatic carbocycles. The molecule has 2 saturated heterocycles. The minimum atomic E-state index is -1.57. The van der Waals surface area contributed by atoms with E-state index in [0.717, 1.165) is 61.9 Å². The van der Waals surface area contributed by atoms with E-state index in [-0.39, 0.29) is 30.1 Å². The van der Waals surface area contributed by atoms with Crippen molar-refractivity contribution in [2.75, 3.05) is 44.2 Å². The number of alkyl halides is 1. The molecule has 6 nitrogen and oxygen atoms in total. The molecule has 3 aliphatic heterocycles. The van der Waals surface area contributed by atoms with Crippen molar-refractivity contribution in [3.8, 4) is 5.75 Å². The molecule has 1 N–H and O–H groups in total. The molecule has 258 valence electrons. The van der Waals surface area contributed by atoms with Gasteiger partial charge in [-0.05, 0) is 112 Å². The molecule has 0 saturated carbocycles. The van der Waals surface area contributed by atoms with E-state index in [4.69, 9.17) is 4.74 Å². The quantitative estimate of drug-likeness (QED) is 0.252. The van der Waals surface area contributed by atoms with E-state index in [1.165, 1.54) is 26.0 Å². The van der Waals surface area contributed by atoms with Gasteiger partial charge in [0.25, 0.3) is 0 Å². The minimum absolute atomic E-state index is 0.0307. The number of benzene rings is 3. The van der Waals surface area contributed by atoms with E-state index in [9.17, 15) is 9.90 Å². The number of ether oxygens (including phenoxy) is 1. The average Bonchev–Trinajstić information content (AvgIpc) is 3.41. The van der Waals surface area contributed by atoms with Gasteiger partial charge < -0.3 is 14.7 Å². The summed E-state index contributed by atoms with van der Waals surface area (Å²) < 4.78 is 54.0. The number of carbonyl (C=O) groups is 1. The third kappa shape index (κ3) is 7.84. The summed E-state index contributed by atoms with van der Waals surface area (Å²) in [4.78, 5) is 17.2. The van der Waals surface area contributed by atoms with Gasteiger partial charge >= 0.3 is 5.97 Å². The highest BCUT2D eigenvalue weighted by molar-refractivity contribution is 5.69. The molecule has 0 aromatic heterocycles. The molecule has 2 fully saturated rings. The molecule has 1 spiro atoms. The predicted molar refractivity (Wildman–Crippen MR) is 182 cm³/mol. The average molecular weight is 664 g/mol. The maximum Gasteiger partial charge on any atom is 0.317 e. The number of carboxylic acid groups (broad SMARTS) is 1. The van der Waals surface area contributed by atoms with Crippen molar-refractivity contribution >= 4 is 11.7 Å². The standard InChI is InChI=1S/C39H48F3N3O3/c1-27-19-29-20-31(48-24-28-9-5-4-6-10-28)11-12-32(29)37(45(27)25-38(2,3)42)36-33(40)21-30(22-34(36)41)44-16-7-13-39(14-8-17-44)15-18-43(26-39)23-35(46)47/h4-6,9-12,20-22,27,37H,7-8,13-19,23-26H2,1-3H3,(H,46,47)/t27-,37?/m1/s1. The third-order valence-corrected chi connectivity index (χ3v) is 10.5. The maximum atomic E-state index is 16.4. The molecule has 0 radical (unpaired) electrons. The molecule has 0 amide bonds. The van der Waals surface area contributed by atoms with Gasteiger partial charge in [-0.2, -0.15) is 0 Å². The monoisotopic (exact) mass is 663 g/mol. The molecule has 2 atom stereocenters. The minimum Gasteiger partial charge on any atom is -0.489 e. The molecule has 48 heavy (non-hydrogen) atoms. The Kier molecular flexibility index (Phi) is 10.1. The smallest absolute Gasteiger partial charge is 0.317 e. The van der Waals surface area contributed by atoms with Crippen molar-refractivity contribution < 1.29 is 27.8 Å². The van der Waals surface area contributed by atoms with Crippen LogP contribution in [0.2, 0.25) is 0 Å². The maximum absolute atomic E-state index is 16.4. The summed E-state index contributed by atoms with van der Waals surface area (Å²) in [5.41, 5.74) is 1.77. The van der Waals surface area contributed by atoms with Crippen LogP contribution >= 0.6 is 0 Å². The molecule has 6 rings (SSSR count). The van der Waals surface area contributed by atoms with Crippen LogP contribution in [-0.2, 0) is 17.8 Å².